The number of benzene rings is 1. The second-order valence-electron chi connectivity index (χ2n) is 3.35. The molecule has 2 aromatic rings. The van der Waals surface area contributed by atoms with E-state index in [1.54, 1.807) is 18.2 Å². The Morgan fingerprint density at radius 2 is 1.75 bits per heavy atom. The van der Waals surface area contributed by atoms with Gasteiger partial charge in [-0.25, -0.2) is 4.39 Å². The number of rotatable bonds is 2. The monoisotopic (exact) mass is 217 g/mol. The van der Waals surface area contributed by atoms with Crippen LogP contribution in [-0.2, 0) is 0 Å². The summed E-state index contributed by atoms with van der Waals surface area (Å²) >= 11 is 0. The maximum absolute atomic E-state index is 12.7. The second kappa shape index (κ2) is 4.43. The quantitative estimate of drug-likeness (QED) is 0.723. The molecule has 1 aromatic carbocycles. The van der Waals surface area contributed by atoms with Gasteiger partial charge in [0.2, 0.25) is 0 Å². The third-order valence-corrected chi connectivity index (χ3v) is 2.22. The first-order valence-electron chi connectivity index (χ1n) is 4.75. The molecule has 0 aliphatic rings. The Morgan fingerprint density at radius 3 is 2.38 bits per heavy atom. The van der Waals surface area contributed by atoms with Gasteiger partial charge in [-0.2, -0.15) is 0 Å². The number of aromatic nitrogens is 1. The summed E-state index contributed by atoms with van der Waals surface area (Å²) in [5, 5.41) is 18.0. The van der Waals surface area contributed by atoms with Gasteiger partial charge in [-0.3, -0.25) is 4.98 Å². The van der Waals surface area contributed by atoms with Crippen molar-refractivity contribution in [3.05, 3.63) is 48.4 Å². The zero-order chi connectivity index (χ0) is 11.5. The Morgan fingerprint density at radius 1 is 1.06 bits per heavy atom. The molecule has 0 aliphatic heterocycles. The highest BCUT2D eigenvalue weighted by molar-refractivity contribution is 6.58. The molecule has 0 unspecified atom stereocenters. The zero-order valence-corrected chi connectivity index (χ0v) is 8.34. The maximum atomic E-state index is 12.7. The van der Waals surface area contributed by atoms with Crippen molar-refractivity contribution < 1.29 is 14.4 Å². The zero-order valence-electron chi connectivity index (χ0n) is 8.34. The smallest absolute Gasteiger partial charge is 0.423 e. The van der Waals surface area contributed by atoms with Gasteiger partial charge in [-0.05, 0) is 41.9 Å². The van der Waals surface area contributed by atoms with Crippen LogP contribution in [0.15, 0.2) is 42.6 Å². The van der Waals surface area contributed by atoms with Crippen LogP contribution < -0.4 is 5.46 Å². The molecule has 2 N–H and O–H groups in total. The minimum absolute atomic E-state index is 0.318. The van der Waals surface area contributed by atoms with Crippen molar-refractivity contribution in [3.8, 4) is 11.3 Å². The summed E-state index contributed by atoms with van der Waals surface area (Å²) in [5.74, 6) is -0.318. The fourth-order valence-corrected chi connectivity index (χ4v) is 1.39. The van der Waals surface area contributed by atoms with Crippen molar-refractivity contribution in [2.75, 3.05) is 0 Å². The van der Waals surface area contributed by atoms with Crippen molar-refractivity contribution in [2.24, 2.45) is 0 Å². The van der Waals surface area contributed by atoms with E-state index in [1.165, 1.54) is 24.4 Å². The molecule has 0 saturated carbocycles. The largest absolute Gasteiger partial charge is 0.488 e. The van der Waals surface area contributed by atoms with Crippen LogP contribution in [-0.4, -0.2) is 22.2 Å². The molecule has 3 nitrogen and oxygen atoms in total. The van der Waals surface area contributed by atoms with Gasteiger partial charge in [-0.1, -0.05) is 0 Å². The molecule has 0 aliphatic carbocycles. The molecule has 0 bridgehead atoms. The lowest BCUT2D eigenvalue weighted by Gasteiger charge is -2.03. The molecule has 0 amide bonds. The molecule has 0 fully saturated rings. The van der Waals surface area contributed by atoms with Gasteiger partial charge in [0, 0.05) is 11.8 Å². The Hall–Kier alpha value is -1.72. The third-order valence-electron chi connectivity index (χ3n) is 2.22. The van der Waals surface area contributed by atoms with E-state index in [-0.39, 0.29) is 5.82 Å². The SMILES string of the molecule is OB(O)c1ccnc(-c2ccc(F)cc2)c1. The molecule has 5 heteroatoms. The molecule has 1 heterocycles. The molecular formula is C11H9BFNO2. The normalized spacial score (nSPS) is 10.2. The van der Waals surface area contributed by atoms with Gasteiger partial charge in [0.25, 0.3) is 0 Å². The Kier molecular flexibility index (Phi) is 2.98. The lowest BCUT2D eigenvalue weighted by atomic mass is 9.80. The first kappa shape index (κ1) is 10.8. The molecule has 16 heavy (non-hydrogen) atoms. The molecule has 0 saturated heterocycles. The number of halogens is 1. The van der Waals surface area contributed by atoms with E-state index in [0.717, 1.165) is 5.56 Å². The van der Waals surface area contributed by atoms with Gasteiger partial charge in [0.05, 0.1) is 5.69 Å². The topological polar surface area (TPSA) is 53.4 Å². The Labute approximate surface area is 92.4 Å². The fourth-order valence-electron chi connectivity index (χ4n) is 1.39. The average molecular weight is 217 g/mol. The van der Waals surface area contributed by atoms with Gasteiger partial charge < -0.3 is 10.0 Å². The van der Waals surface area contributed by atoms with Crippen LogP contribution in [0.3, 0.4) is 0 Å². The molecule has 0 spiro atoms. The number of hydrogen-bond acceptors (Lipinski definition) is 3. The molecule has 0 radical (unpaired) electrons. The van der Waals surface area contributed by atoms with Crippen molar-refractivity contribution >= 4 is 12.6 Å². The first-order chi connectivity index (χ1) is 7.66. The minimum atomic E-state index is -1.53. The average Bonchev–Trinajstić information content (AvgIpc) is 2.30. The van der Waals surface area contributed by atoms with Crippen LogP contribution in [0.1, 0.15) is 0 Å². The van der Waals surface area contributed by atoms with E-state index in [4.69, 9.17) is 10.0 Å². The molecular weight excluding hydrogens is 208 g/mol. The van der Waals surface area contributed by atoms with Crippen molar-refractivity contribution in [1.29, 1.82) is 0 Å². The molecule has 2 rings (SSSR count). The van der Waals surface area contributed by atoms with E-state index in [9.17, 15) is 4.39 Å². The van der Waals surface area contributed by atoms with Crippen molar-refractivity contribution in [2.45, 2.75) is 0 Å². The maximum Gasteiger partial charge on any atom is 0.488 e. The van der Waals surface area contributed by atoms with Crippen LogP contribution in [0.25, 0.3) is 11.3 Å². The van der Waals surface area contributed by atoms with Crippen LogP contribution in [0, 0.1) is 5.82 Å². The van der Waals surface area contributed by atoms with E-state index >= 15 is 0 Å². The minimum Gasteiger partial charge on any atom is -0.423 e. The van der Waals surface area contributed by atoms with Gasteiger partial charge >= 0.3 is 7.12 Å². The number of hydrogen-bond donors (Lipinski definition) is 2. The van der Waals surface area contributed by atoms with Gasteiger partial charge in [0.1, 0.15) is 5.82 Å². The van der Waals surface area contributed by atoms with E-state index < -0.39 is 7.12 Å². The van der Waals surface area contributed by atoms with E-state index in [0.29, 0.717) is 11.2 Å². The summed E-state index contributed by atoms with van der Waals surface area (Å²) in [4.78, 5) is 4.08. The van der Waals surface area contributed by atoms with Crippen LogP contribution in [0.2, 0.25) is 0 Å². The Balaban J connectivity index is 2.40. The summed E-state index contributed by atoms with van der Waals surface area (Å²) in [7, 11) is -1.53. The number of pyridine rings is 1. The van der Waals surface area contributed by atoms with Crippen LogP contribution in [0.5, 0.6) is 0 Å². The van der Waals surface area contributed by atoms with Gasteiger partial charge in [0.15, 0.2) is 0 Å². The summed E-state index contributed by atoms with van der Waals surface area (Å²) in [6.45, 7) is 0. The Bertz CT molecular complexity index is 488. The van der Waals surface area contributed by atoms with Crippen molar-refractivity contribution in [3.63, 3.8) is 0 Å². The highest BCUT2D eigenvalue weighted by Crippen LogP contribution is 2.15. The molecule has 80 valence electrons. The molecule has 0 atom stereocenters. The summed E-state index contributed by atoms with van der Waals surface area (Å²) < 4.78 is 12.7. The van der Waals surface area contributed by atoms with Crippen LogP contribution >= 0.6 is 0 Å². The summed E-state index contributed by atoms with van der Waals surface area (Å²) in [5.41, 5.74) is 1.66. The van der Waals surface area contributed by atoms with E-state index in [1.807, 2.05) is 0 Å². The highest BCUT2D eigenvalue weighted by atomic mass is 19.1. The lowest BCUT2D eigenvalue weighted by molar-refractivity contribution is 0.425. The highest BCUT2D eigenvalue weighted by Gasteiger charge is 2.11. The summed E-state index contributed by atoms with van der Waals surface area (Å²) in [6.07, 6.45) is 1.48. The number of nitrogens with zero attached hydrogens (tertiary/aromatic N) is 1. The standard InChI is InChI=1S/C11H9BFNO2/c13-10-3-1-8(2-4-10)11-7-9(12(15)16)5-6-14-11/h1-7,15-16H. The van der Waals surface area contributed by atoms with E-state index in [2.05, 4.69) is 4.98 Å². The fraction of sp³-hybridized carbons (Fsp3) is 0. The van der Waals surface area contributed by atoms with Crippen LogP contribution in [0.4, 0.5) is 4.39 Å². The second-order valence-corrected chi connectivity index (χ2v) is 3.35. The summed E-state index contributed by atoms with van der Waals surface area (Å²) in [6, 6.07) is 8.91. The predicted molar refractivity (Wildman–Crippen MR) is 59.5 cm³/mol. The van der Waals surface area contributed by atoms with Gasteiger partial charge in [-0.15, -0.1) is 0 Å². The predicted octanol–water partition coefficient (Wildman–Crippen LogP) is 0.567. The third kappa shape index (κ3) is 2.26. The first-order valence-corrected chi connectivity index (χ1v) is 4.75. The molecule has 1 aromatic heterocycles. The van der Waals surface area contributed by atoms with Crippen molar-refractivity contribution in [1.82, 2.24) is 4.98 Å². The lowest BCUT2D eigenvalue weighted by Crippen LogP contribution is -2.29.